The summed E-state index contributed by atoms with van der Waals surface area (Å²) < 4.78 is 0. The molecule has 1 N–H and O–H groups in total. The standard InChI is InChI=1S/C18H16ClN3O2/c1-13(23)22(17-7-2-4-14(10-17)12-20)9-8-21-18(24)15-5-3-6-16(19)11-15/h2-7,10-11H,8-9H2,1H3,(H,21,24). The first-order chi connectivity index (χ1) is 11.5. The zero-order chi connectivity index (χ0) is 17.5. The van der Waals surface area contributed by atoms with Gasteiger partial charge in [0.2, 0.25) is 5.91 Å². The van der Waals surface area contributed by atoms with Gasteiger partial charge in [0.1, 0.15) is 0 Å². The molecule has 2 rings (SSSR count). The molecule has 0 aliphatic rings. The van der Waals surface area contributed by atoms with Crippen molar-refractivity contribution in [3.63, 3.8) is 0 Å². The van der Waals surface area contributed by atoms with Gasteiger partial charge in [0.25, 0.3) is 5.91 Å². The van der Waals surface area contributed by atoms with Gasteiger partial charge >= 0.3 is 0 Å². The van der Waals surface area contributed by atoms with Crippen molar-refractivity contribution in [2.45, 2.75) is 6.92 Å². The van der Waals surface area contributed by atoms with Crippen molar-refractivity contribution < 1.29 is 9.59 Å². The van der Waals surface area contributed by atoms with Gasteiger partial charge in [0.15, 0.2) is 0 Å². The number of benzene rings is 2. The molecule has 0 heterocycles. The highest BCUT2D eigenvalue weighted by Crippen LogP contribution is 2.16. The van der Waals surface area contributed by atoms with E-state index in [1.807, 2.05) is 6.07 Å². The summed E-state index contributed by atoms with van der Waals surface area (Å²) >= 11 is 5.86. The molecule has 2 aromatic rings. The van der Waals surface area contributed by atoms with Crippen molar-refractivity contribution in [1.29, 1.82) is 5.26 Å². The molecule has 0 spiro atoms. The van der Waals surface area contributed by atoms with Crippen molar-refractivity contribution in [1.82, 2.24) is 5.32 Å². The minimum absolute atomic E-state index is 0.165. The molecule has 0 aliphatic carbocycles. The van der Waals surface area contributed by atoms with Crippen LogP contribution in [0, 0.1) is 11.3 Å². The number of halogens is 1. The lowest BCUT2D eigenvalue weighted by atomic mass is 10.2. The van der Waals surface area contributed by atoms with Gasteiger partial charge in [-0.1, -0.05) is 23.7 Å². The van der Waals surface area contributed by atoms with E-state index >= 15 is 0 Å². The van der Waals surface area contributed by atoms with Crippen molar-refractivity contribution in [3.05, 3.63) is 64.7 Å². The lowest BCUT2D eigenvalue weighted by Gasteiger charge is -2.21. The molecule has 6 heteroatoms. The summed E-state index contributed by atoms with van der Waals surface area (Å²) in [5.41, 5.74) is 1.56. The van der Waals surface area contributed by atoms with Crippen LogP contribution in [0.4, 0.5) is 5.69 Å². The molecule has 0 saturated carbocycles. The highest BCUT2D eigenvalue weighted by Gasteiger charge is 2.13. The fourth-order valence-electron chi connectivity index (χ4n) is 2.22. The number of carbonyl (C=O) groups excluding carboxylic acids is 2. The molecule has 2 amide bonds. The number of rotatable bonds is 5. The molecular formula is C18H16ClN3O2. The van der Waals surface area contributed by atoms with Crippen molar-refractivity contribution in [3.8, 4) is 6.07 Å². The molecule has 5 nitrogen and oxygen atoms in total. The predicted octanol–water partition coefficient (Wildman–Crippen LogP) is 2.99. The van der Waals surface area contributed by atoms with Gasteiger partial charge in [-0.2, -0.15) is 5.26 Å². The van der Waals surface area contributed by atoms with E-state index in [0.29, 0.717) is 28.4 Å². The van der Waals surface area contributed by atoms with Gasteiger partial charge in [-0.15, -0.1) is 0 Å². The van der Waals surface area contributed by atoms with Gasteiger partial charge in [0.05, 0.1) is 11.6 Å². The zero-order valence-electron chi connectivity index (χ0n) is 13.1. The fourth-order valence-corrected chi connectivity index (χ4v) is 2.42. The van der Waals surface area contributed by atoms with E-state index in [1.54, 1.807) is 48.5 Å². The molecule has 24 heavy (non-hydrogen) atoms. The molecule has 122 valence electrons. The van der Waals surface area contributed by atoms with Gasteiger partial charge in [-0.05, 0) is 36.4 Å². The van der Waals surface area contributed by atoms with E-state index in [1.165, 1.54) is 11.8 Å². The fraction of sp³-hybridized carbons (Fsp3) is 0.167. The van der Waals surface area contributed by atoms with Crippen molar-refractivity contribution in [2.24, 2.45) is 0 Å². The van der Waals surface area contributed by atoms with Crippen LogP contribution in [0.5, 0.6) is 0 Å². The van der Waals surface area contributed by atoms with Crippen LogP contribution in [-0.4, -0.2) is 24.9 Å². The number of nitriles is 1. The highest BCUT2D eigenvalue weighted by molar-refractivity contribution is 6.30. The molecule has 0 atom stereocenters. The van der Waals surface area contributed by atoms with E-state index in [9.17, 15) is 9.59 Å². The van der Waals surface area contributed by atoms with E-state index in [4.69, 9.17) is 16.9 Å². The summed E-state index contributed by atoms with van der Waals surface area (Å²) in [6, 6.07) is 15.5. The molecule has 0 aromatic heterocycles. The second-order valence-corrected chi connectivity index (χ2v) is 5.54. The number of hydrogen-bond acceptors (Lipinski definition) is 3. The smallest absolute Gasteiger partial charge is 0.251 e. The molecule has 0 aliphatic heterocycles. The minimum Gasteiger partial charge on any atom is -0.350 e. The van der Waals surface area contributed by atoms with Crippen molar-refractivity contribution in [2.75, 3.05) is 18.0 Å². The number of amides is 2. The maximum atomic E-state index is 12.1. The Morgan fingerprint density at radius 3 is 2.62 bits per heavy atom. The Balaban J connectivity index is 2.01. The van der Waals surface area contributed by atoms with Crippen LogP contribution >= 0.6 is 11.6 Å². The Bertz CT molecular complexity index is 799. The first kappa shape index (κ1) is 17.5. The van der Waals surface area contributed by atoms with Crippen LogP contribution < -0.4 is 10.2 Å². The van der Waals surface area contributed by atoms with E-state index in [0.717, 1.165) is 0 Å². The summed E-state index contributed by atoms with van der Waals surface area (Å²) in [4.78, 5) is 25.4. The van der Waals surface area contributed by atoms with E-state index < -0.39 is 0 Å². The quantitative estimate of drug-likeness (QED) is 0.908. The second-order valence-electron chi connectivity index (χ2n) is 5.10. The summed E-state index contributed by atoms with van der Waals surface area (Å²) in [7, 11) is 0. The first-order valence-electron chi connectivity index (χ1n) is 7.33. The Morgan fingerprint density at radius 1 is 1.21 bits per heavy atom. The molecular weight excluding hydrogens is 326 g/mol. The highest BCUT2D eigenvalue weighted by atomic mass is 35.5. The lowest BCUT2D eigenvalue weighted by molar-refractivity contribution is -0.116. The van der Waals surface area contributed by atoms with E-state index in [2.05, 4.69) is 5.32 Å². The lowest BCUT2D eigenvalue weighted by Crippen LogP contribution is -2.37. The largest absolute Gasteiger partial charge is 0.350 e. The summed E-state index contributed by atoms with van der Waals surface area (Å²) in [5.74, 6) is -0.422. The van der Waals surface area contributed by atoms with Gasteiger partial charge in [-0.3, -0.25) is 9.59 Å². The molecule has 2 aromatic carbocycles. The first-order valence-corrected chi connectivity index (χ1v) is 7.71. The van der Waals surface area contributed by atoms with Crippen LogP contribution in [0.25, 0.3) is 0 Å². The Labute approximate surface area is 145 Å². The van der Waals surface area contributed by atoms with Crippen LogP contribution in [0.3, 0.4) is 0 Å². The summed E-state index contributed by atoms with van der Waals surface area (Å²) in [6.07, 6.45) is 0. The van der Waals surface area contributed by atoms with Crippen LogP contribution in [0.1, 0.15) is 22.8 Å². The third kappa shape index (κ3) is 4.58. The Morgan fingerprint density at radius 2 is 1.96 bits per heavy atom. The average molecular weight is 342 g/mol. The molecule has 0 radical (unpaired) electrons. The van der Waals surface area contributed by atoms with Crippen LogP contribution in [-0.2, 0) is 4.79 Å². The minimum atomic E-state index is -0.258. The summed E-state index contributed by atoms with van der Waals surface area (Å²) in [5, 5.41) is 12.2. The van der Waals surface area contributed by atoms with Gasteiger partial charge < -0.3 is 10.2 Å². The number of nitrogens with one attached hydrogen (secondary N) is 1. The third-order valence-corrected chi connectivity index (χ3v) is 3.61. The predicted molar refractivity (Wildman–Crippen MR) is 93.0 cm³/mol. The van der Waals surface area contributed by atoms with Gasteiger partial charge in [-0.25, -0.2) is 0 Å². The summed E-state index contributed by atoms with van der Waals surface area (Å²) in [6.45, 7) is 2.02. The Kier molecular flexibility index (Phi) is 5.94. The molecule has 0 bridgehead atoms. The maximum Gasteiger partial charge on any atom is 0.251 e. The number of nitrogens with zero attached hydrogens (tertiary/aromatic N) is 2. The van der Waals surface area contributed by atoms with Crippen LogP contribution in [0.15, 0.2) is 48.5 Å². The van der Waals surface area contributed by atoms with Gasteiger partial charge in [0, 0.05) is 36.3 Å². The van der Waals surface area contributed by atoms with E-state index in [-0.39, 0.29) is 18.4 Å². The SMILES string of the molecule is CC(=O)N(CCNC(=O)c1cccc(Cl)c1)c1cccc(C#N)c1. The normalized spacial score (nSPS) is 9.88. The second kappa shape index (κ2) is 8.14. The number of carbonyl (C=O) groups is 2. The Hall–Kier alpha value is -2.84. The number of anilines is 1. The molecule has 0 saturated heterocycles. The van der Waals surface area contributed by atoms with Crippen molar-refractivity contribution >= 4 is 29.1 Å². The topological polar surface area (TPSA) is 73.2 Å². The number of hydrogen-bond donors (Lipinski definition) is 1. The molecule has 0 unspecified atom stereocenters. The van der Waals surface area contributed by atoms with Crippen LogP contribution in [0.2, 0.25) is 5.02 Å². The maximum absolute atomic E-state index is 12.1. The zero-order valence-corrected chi connectivity index (χ0v) is 13.9. The molecule has 0 fully saturated rings. The average Bonchev–Trinajstić information content (AvgIpc) is 2.58. The monoisotopic (exact) mass is 341 g/mol. The third-order valence-electron chi connectivity index (χ3n) is 3.37.